The molecule has 5 nitrogen and oxygen atoms in total. The summed E-state index contributed by atoms with van der Waals surface area (Å²) in [5, 5.41) is 2.71. The van der Waals surface area contributed by atoms with E-state index < -0.39 is 20.9 Å². The number of hydrogen-bond donors (Lipinski definition) is 1. The molecule has 0 bridgehead atoms. The molecule has 0 unspecified atom stereocenters. The molecule has 0 aliphatic carbocycles. The van der Waals surface area contributed by atoms with Crippen LogP contribution >= 0.6 is 0 Å². The van der Waals surface area contributed by atoms with Gasteiger partial charge in [-0.1, -0.05) is 0 Å². The van der Waals surface area contributed by atoms with E-state index in [1.54, 1.807) is 0 Å². The molecule has 0 atom stereocenters. The Morgan fingerprint density at radius 1 is 1.42 bits per heavy atom. The first kappa shape index (κ1) is 14.4. The molecular formula is C12H18FN3O2S. The molecule has 1 aromatic rings. The molecule has 19 heavy (non-hydrogen) atoms. The topological polar surface area (TPSA) is 62.3 Å². The Bertz CT molecular complexity index is 554. The Morgan fingerprint density at radius 3 is 2.58 bits per heavy atom. The number of halogens is 1. The third kappa shape index (κ3) is 2.77. The lowest BCUT2D eigenvalue weighted by atomic mass is 9.91. The average Bonchev–Trinajstić information content (AvgIpc) is 2.39. The molecule has 1 fully saturated rings. The summed E-state index contributed by atoms with van der Waals surface area (Å²) in [6.07, 6.45) is 2.67. The van der Waals surface area contributed by atoms with Gasteiger partial charge in [-0.15, -0.1) is 0 Å². The second-order valence-corrected chi connectivity index (χ2v) is 6.86. The van der Waals surface area contributed by atoms with Gasteiger partial charge < -0.3 is 5.32 Å². The lowest BCUT2D eigenvalue weighted by Crippen LogP contribution is -2.51. The quantitative estimate of drug-likeness (QED) is 0.900. The fourth-order valence-corrected chi connectivity index (χ4v) is 3.57. The van der Waals surface area contributed by atoms with Crippen LogP contribution < -0.4 is 5.32 Å². The third-order valence-corrected chi connectivity index (χ3v) is 5.57. The summed E-state index contributed by atoms with van der Waals surface area (Å²) in [4.78, 5) is 3.66. The van der Waals surface area contributed by atoms with Crippen LogP contribution in [0.3, 0.4) is 0 Å². The maximum atomic E-state index is 13.6. The summed E-state index contributed by atoms with van der Waals surface area (Å²) >= 11 is 0. The van der Waals surface area contributed by atoms with Crippen LogP contribution in [0.4, 0.5) is 4.39 Å². The summed E-state index contributed by atoms with van der Waals surface area (Å²) in [7, 11) is -1.97. The van der Waals surface area contributed by atoms with Gasteiger partial charge in [0, 0.05) is 24.8 Å². The molecule has 1 aliphatic rings. The molecule has 0 amide bonds. The van der Waals surface area contributed by atoms with Crippen LogP contribution in [-0.4, -0.2) is 43.4 Å². The van der Waals surface area contributed by atoms with Crippen LogP contribution in [0.25, 0.3) is 0 Å². The van der Waals surface area contributed by atoms with Gasteiger partial charge in [0.15, 0.2) is 5.82 Å². The van der Waals surface area contributed by atoms with Crippen molar-refractivity contribution in [2.75, 3.05) is 20.1 Å². The van der Waals surface area contributed by atoms with E-state index in [1.807, 2.05) is 7.05 Å². The van der Waals surface area contributed by atoms with Gasteiger partial charge in [-0.25, -0.2) is 17.8 Å². The molecule has 7 heteroatoms. The predicted octanol–water partition coefficient (Wildman–Crippen LogP) is 0.983. The molecular weight excluding hydrogens is 269 g/mol. The van der Waals surface area contributed by atoms with Crippen molar-refractivity contribution in [3.63, 3.8) is 0 Å². The van der Waals surface area contributed by atoms with Crippen molar-refractivity contribution < 1.29 is 12.8 Å². The van der Waals surface area contributed by atoms with Crippen molar-refractivity contribution in [3.8, 4) is 0 Å². The zero-order valence-electron chi connectivity index (χ0n) is 11.1. The van der Waals surface area contributed by atoms with Crippen LogP contribution in [0.5, 0.6) is 0 Å². The first-order valence-corrected chi connectivity index (χ1v) is 7.63. The summed E-state index contributed by atoms with van der Waals surface area (Å²) in [5.74, 6) is -0.801. The van der Waals surface area contributed by atoms with E-state index in [9.17, 15) is 12.8 Å². The number of aromatic nitrogens is 1. The molecule has 0 radical (unpaired) electrons. The van der Waals surface area contributed by atoms with Crippen molar-refractivity contribution in [2.45, 2.75) is 30.3 Å². The zero-order chi connectivity index (χ0) is 14.1. The minimum atomic E-state index is -3.83. The maximum Gasteiger partial charge on any atom is 0.263 e. The van der Waals surface area contributed by atoms with Crippen LogP contribution in [-0.2, 0) is 10.0 Å². The standard InChI is InChI=1S/C12H18FN3O2S/c1-12(14-2)5-8-16(9-6-12)19(17,18)11-10(13)4-3-7-15-11/h3-4,7,14H,5-6,8-9H2,1-2H3. The third-order valence-electron chi connectivity index (χ3n) is 3.74. The average molecular weight is 287 g/mol. The fourth-order valence-electron chi connectivity index (χ4n) is 2.15. The molecule has 0 saturated carbocycles. The van der Waals surface area contributed by atoms with Crippen molar-refractivity contribution in [3.05, 3.63) is 24.1 Å². The Kier molecular flexibility index (Phi) is 3.89. The Hall–Kier alpha value is -1.05. The SMILES string of the molecule is CNC1(C)CCN(S(=O)(=O)c2ncccc2F)CC1. The van der Waals surface area contributed by atoms with Gasteiger partial charge in [0.05, 0.1) is 0 Å². The highest BCUT2D eigenvalue weighted by atomic mass is 32.2. The Morgan fingerprint density at radius 2 is 2.05 bits per heavy atom. The van der Waals surface area contributed by atoms with Gasteiger partial charge >= 0.3 is 0 Å². The van der Waals surface area contributed by atoms with E-state index in [1.165, 1.54) is 16.6 Å². The smallest absolute Gasteiger partial charge is 0.263 e. The van der Waals surface area contributed by atoms with Crippen LogP contribution in [0.15, 0.2) is 23.4 Å². The number of piperidine rings is 1. The maximum absolute atomic E-state index is 13.6. The minimum Gasteiger partial charge on any atom is -0.314 e. The highest BCUT2D eigenvalue weighted by Gasteiger charge is 2.36. The summed E-state index contributed by atoms with van der Waals surface area (Å²) in [5.41, 5.74) is -0.0608. The highest BCUT2D eigenvalue weighted by molar-refractivity contribution is 7.89. The fraction of sp³-hybridized carbons (Fsp3) is 0.583. The van der Waals surface area contributed by atoms with E-state index in [2.05, 4.69) is 17.2 Å². The Balaban J connectivity index is 2.22. The largest absolute Gasteiger partial charge is 0.314 e. The molecule has 1 N–H and O–H groups in total. The molecule has 1 aliphatic heterocycles. The molecule has 1 saturated heterocycles. The number of nitrogens with one attached hydrogen (secondary N) is 1. The minimum absolute atomic E-state index is 0.0608. The van der Waals surface area contributed by atoms with Crippen LogP contribution in [0.2, 0.25) is 0 Å². The number of nitrogens with zero attached hydrogens (tertiary/aromatic N) is 2. The van der Waals surface area contributed by atoms with Gasteiger partial charge in [0.2, 0.25) is 5.03 Å². The van der Waals surface area contributed by atoms with Gasteiger partial charge in [0.1, 0.15) is 0 Å². The summed E-state index contributed by atoms with van der Waals surface area (Å²) in [6.45, 7) is 2.80. The second-order valence-electron chi connectivity index (χ2n) is 5.01. The van der Waals surface area contributed by atoms with Crippen molar-refractivity contribution >= 4 is 10.0 Å². The van der Waals surface area contributed by atoms with Crippen LogP contribution in [0, 0.1) is 5.82 Å². The van der Waals surface area contributed by atoms with Crippen molar-refractivity contribution in [2.24, 2.45) is 0 Å². The molecule has 2 heterocycles. The normalized spacial score (nSPS) is 20.4. The monoisotopic (exact) mass is 287 g/mol. The van der Waals surface area contributed by atoms with Gasteiger partial charge in [-0.3, -0.25) is 0 Å². The number of hydrogen-bond acceptors (Lipinski definition) is 4. The second kappa shape index (κ2) is 5.15. The van der Waals surface area contributed by atoms with Gasteiger partial charge in [0.25, 0.3) is 10.0 Å². The summed E-state index contributed by atoms with van der Waals surface area (Å²) < 4.78 is 39.5. The summed E-state index contributed by atoms with van der Waals surface area (Å²) in [6, 6.07) is 2.49. The lowest BCUT2D eigenvalue weighted by molar-refractivity contribution is 0.219. The van der Waals surface area contributed by atoms with E-state index in [0.29, 0.717) is 25.9 Å². The van der Waals surface area contributed by atoms with Crippen molar-refractivity contribution in [1.82, 2.24) is 14.6 Å². The van der Waals surface area contributed by atoms with Gasteiger partial charge in [-0.2, -0.15) is 4.31 Å². The van der Waals surface area contributed by atoms with E-state index in [4.69, 9.17) is 0 Å². The highest BCUT2D eigenvalue weighted by Crippen LogP contribution is 2.26. The van der Waals surface area contributed by atoms with E-state index >= 15 is 0 Å². The Labute approximate surface area is 112 Å². The molecule has 1 aromatic heterocycles. The van der Waals surface area contributed by atoms with Crippen molar-refractivity contribution in [1.29, 1.82) is 0 Å². The lowest BCUT2D eigenvalue weighted by Gasteiger charge is -2.38. The van der Waals surface area contributed by atoms with Gasteiger partial charge in [-0.05, 0) is 38.9 Å². The van der Waals surface area contributed by atoms with Crippen LogP contribution in [0.1, 0.15) is 19.8 Å². The molecule has 2 rings (SSSR count). The van der Waals surface area contributed by atoms with E-state index in [-0.39, 0.29) is 5.54 Å². The number of pyridine rings is 1. The molecule has 106 valence electrons. The van der Waals surface area contributed by atoms with E-state index in [0.717, 1.165) is 6.07 Å². The first-order valence-electron chi connectivity index (χ1n) is 6.19. The molecule has 0 aromatic carbocycles. The number of sulfonamides is 1. The molecule has 0 spiro atoms. The zero-order valence-corrected chi connectivity index (χ0v) is 11.9. The first-order chi connectivity index (χ1) is 8.89. The predicted molar refractivity (Wildman–Crippen MR) is 69.7 cm³/mol. The number of rotatable bonds is 3.